The molecule has 0 aromatic heterocycles. The number of rotatable bonds is 9. The zero-order valence-corrected chi connectivity index (χ0v) is 15.1. The quantitative estimate of drug-likeness (QED) is 0.422. The van der Waals surface area contributed by atoms with E-state index in [0.717, 1.165) is 36.0 Å². The summed E-state index contributed by atoms with van der Waals surface area (Å²) >= 11 is 0. The predicted molar refractivity (Wildman–Crippen MR) is 103 cm³/mol. The third-order valence-electron chi connectivity index (χ3n) is 4.03. The Kier molecular flexibility index (Phi) is 8.13. The maximum Gasteiger partial charge on any atom is 0.305 e. The third-order valence-corrected chi connectivity index (χ3v) is 4.03. The molecule has 4 nitrogen and oxygen atoms in total. The Hall–Kier alpha value is -2.88. The Morgan fingerprint density at radius 1 is 0.885 bits per heavy atom. The van der Waals surface area contributed by atoms with Crippen LogP contribution in [0.25, 0.3) is 5.57 Å². The molecule has 1 N–H and O–H groups in total. The fourth-order valence-corrected chi connectivity index (χ4v) is 2.64. The number of ether oxygens (including phenoxy) is 1. The molecule has 0 radical (unpaired) electrons. The lowest BCUT2D eigenvalue weighted by Gasteiger charge is -2.09. The van der Waals surface area contributed by atoms with Crippen molar-refractivity contribution in [3.63, 3.8) is 0 Å². The Labute approximate surface area is 154 Å². The van der Waals surface area contributed by atoms with Gasteiger partial charge in [0.1, 0.15) is 0 Å². The molecule has 2 rings (SSSR count). The summed E-state index contributed by atoms with van der Waals surface area (Å²) < 4.78 is 4.61. The fraction of sp³-hybridized carbons (Fsp3) is 0.273. The third kappa shape index (κ3) is 6.55. The van der Waals surface area contributed by atoms with Crippen molar-refractivity contribution in [1.29, 1.82) is 0 Å². The highest BCUT2D eigenvalue weighted by molar-refractivity contribution is 5.99. The van der Waals surface area contributed by atoms with E-state index < -0.39 is 0 Å². The standard InChI is InChI=1S/C22H25NO3/c1-26-22(25)15-9-4-10-16-23-21(24)17-20(18-11-5-2-6-12-18)19-13-7-3-8-14-19/h2-3,5-8,11-14,17H,4,9-10,15-16H2,1H3,(H,23,24). The highest BCUT2D eigenvalue weighted by atomic mass is 16.5. The van der Waals surface area contributed by atoms with E-state index >= 15 is 0 Å². The molecule has 0 heterocycles. The second-order valence-electron chi connectivity index (χ2n) is 5.97. The first kappa shape index (κ1) is 19.4. The molecule has 0 fully saturated rings. The number of carbonyl (C=O) groups is 2. The minimum atomic E-state index is -0.188. The summed E-state index contributed by atoms with van der Waals surface area (Å²) in [5.41, 5.74) is 2.91. The van der Waals surface area contributed by atoms with Gasteiger partial charge in [-0.3, -0.25) is 9.59 Å². The molecule has 2 aromatic carbocycles. The molecule has 0 spiro atoms. The van der Waals surface area contributed by atoms with Gasteiger partial charge in [0.15, 0.2) is 0 Å². The molecule has 0 aliphatic heterocycles. The van der Waals surface area contributed by atoms with Crippen LogP contribution in [-0.4, -0.2) is 25.5 Å². The minimum Gasteiger partial charge on any atom is -0.469 e. The van der Waals surface area contributed by atoms with Crippen molar-refractivity contribution in [3.05, 3.63) is 77.9 Å². The van der Waals surface area contributed by atoms with Crippen molar-refractivity contribution in [2.45, 2.75) is 25.7 Å². The lowest BCUT2D eigenvalue weighted by Crippen LogP contribution is -2.22. The van der Waals surface area contributed by atoms with Crippen LogP contribution in [0.2, 0.25) is 0 Å². The summed E-state index contributed by atoms with van der Waals surface area (Å²) in [6.45, 7) is 0.591. The first-order valence-electron chi connectivity index (χ1n) is 8.88. The van der Waals surface area contributed by atoms with Gasteiger partial charge < -0.3 is 10.1 Å². The van der Waals surface area contributed by atoms with Crippen LogP contribution in [0.3, 0.4) is 0 Å². The average molecular weight is 351 g/mol. The second-order valence-corrected chi connectivity index (χ2v) is 5.97. The van der Waals surface area contributed by atoms with Crippen LogP contribution in [0.4, 0.5) is 0 Å². The Morgan fingerprint density at radius 2 is 1.46 bits per heavy atom. The van der Waals surface area contributed by atoms with Crippen LogP contribution >= 0.6 is 0 Å². The van der Waals surface area contributed by atoms with Gasteiger partial charge in [0.05, 0.1) is 7.11 Å². The Morgan fingerprint density at radius 3 is 2.00 bits per heavy atom. The predicted octanol–water partition coefficient (Wildman–Crippen LogP) is 3.97. The first-order valence-corrected chi connectivity index (χ1v) is 8.88. The van der Waals surface area contributed by atoms with Crippen LogP contribution < -0.4 is 5.32 Å². The highest BCUT2D eigenvalue weighted by Gasteiger charge is 2.07. The molecule has 0 aliphatic carbocycles. The molecule has 1 amide bonds. The van der Waals surface area contributed by atoms with Gasteiger partial charge in [-0.15, -0.1) is 0 Å². The maximum atomic E-state index is 12.3. The average Bonchev–Trinajstić information content (AvgIpc) is 2.69. The molecule has 0 saturated carbocycles. The SMILES string of the molecule is COC(=O)CCCCCNC(=O)C=C(c1ccccc1)c1ccccc1. The van der Waals surface area contributed by atoms with E-state index in [1.54, 1.807) is 6.08 Å². The zero-order valence-electron chi connectivity index (χ0n) is 15.1. The molecular formula is C22H25NO3. The summed E-state index contributed by atoms with van der Waals surface area (Å²) in [5.74, 6) is -0.298. The van der Waals surface area contributed by atoms with Gasteiger partial charge in [0.25, 0.3) is 0 Å². The van der Waals surface area contributed by atoms with Crippen molar-refractivity contribution in [3.8, 4) is 0 Å². The summed E-state index contributed by atoms with van der Waals surface area (Å²) in [6.07, 6.45) is 4.57. The van der Waals surface area contributed by atoms with Crippen LogP contribution in [0.5, 0.6) is 0 Å². The highest BCUT2D eigenvalue weighted by Crippen LogP contribution is 2.22. The normalized spacial score (nSPS) is 10.0. The summed E-state index contributed by atoms with van der Waals surface area (Å²) in [6, 6.07) is 19.8. The first-order chi connectivity index (χ1) is 12.7. The van der Waals surface area contributed by atoms with Crippen LogP contribution in [0.15, 0.2) is 66.7 Å². The van der Waals surface area contributed by atoms with Gasteiger partial charge in [0.2, 0.25) is 5.91 Å². The molecule has 2 aromatic rings. The van der Waals surface area contributed by atoms with Crippen molar-refractivity contribution in [2.75, 3.05) is 13.7 Å². The molecular weight excluding hydrogens is 326 g/mol. The van der Waals surface area contributed by atoms with Gasteiger partial charge in [0, 0.05) is 19.0 Å². The molecule has 136 valence electrons. The number of nitrogens with one attached hydrogen (secondary N) is 1. The van der Waals surface area contributed by atoms with Crippen molar-refractivity contribution in [1.82, 2.24) is 5.32 Å². The Bertz CT molecular complexity index is 682. The molecule has 0 saturated heterocycles. The summed E-state index contributed by atoms with van der Waals surface area (Å²) in [7, 11) is 1.39. The van der Waals surface area contributed by atoms with Crippen molar-refractivity contribution >= 4 is 17.4 Å². The van der Waals surface area contributed by atoms with Crippen LogP contribution in [-0.2, 0) is 14.3 Å². The minimum absolute atomic E-state index is 0.110. The summed E-state index contributed by atoms with van der Waals surface area (Å²) in [5, 5.41) is 2.92. The smallest absolute Gasteiger partial charge is 0.305 e. The van der Waals surface area contributed by atoms with Crippen LogP contribution in [0.1, 0.15) is 36.8 Å². The van der Waals surface area contributed by atoms with E-state index in [9.17, 15) is 9.59 Å². The van der Waals surface area contributed by atoms with E-state index in [1.807, 2.05) is 60.7 Å². The van der Waals surface area contributed by atoms with Gasteiger partial charge in [-0.2, -0.15) is 0 Å². The number of methoxy groups -OCH3 is 1. The molecule has 4 heteroatoms. The maximum absolute atomic E-state index is 12.3. The molecule has 0 bridgehead atoms. The van der Waals surface area contributed by atoms with E-state index in [0.29, 0.717) is 13.0 Å². The topological polar surface area (TPSA) is 55.4 Å². The number of benzene rings is 2. The fourth-order valence-electron chi connectivity index (χ4n) is 2.64. The molecule has 0 aliphatic rings. The number of esters is 1. The lowest BCUT2D eigenvalue weighted by atomic mass is 9.97. The van der Waals surface area contributed by atoms with Crippen LogP contribution in [0, 0.1) is 0 Å². The number of carbonyl (C=O) groups excluding carboxylic acids is 2. The molecule has 26 heavy (non-hydrogen) atoms. The second kappa shape index (κ2) is 10.9. The van der Waals surface area contributed by atoms with Gasteiger partial charge in [-0.1, -0.05) is 67.1 Å². The Balaban J connectivity index is 1.92. The largest absolute Gasteiger partial charge is 0.469 e. The summed E-state index contributed by atoms with van der Waals surface area (Å²) in [4.78, 5) is 23.4. The van der Waals surface area contributed by atoms with Crippen molar-refractivity contribution in [2.24, 2.45) is 0 Å². The van der Waals surface area contributed by atoms with E-state index in [-0.39, 0.29) is 11.9 Å². The zero-order chi connectivity index (χ0) is 18.6. The monoisotopic (exact) mass is 351 g/mol. The van der Waals surface area contributed by atoms with Gasteiger partial charge in [-0.05, 0) is 29.5 Å². The molecule has 0 atom stereocenters. The molecule has 0 unspecified atom stereocenters. The number of amides is 1. The van der Waals surface area contributed by atoms with E-state index in [4.69, 9.17) is 0 Å². The van der Waals surface area contributed by atoms with Crippen molar-refractivity contribution < 1.29 is 14.3 Å². The number of hydrogen-bond donors (Lipinski definition) is 1. The number of unbranched alkanes of at least 4 members (excludes halogenated alkanes) is 2. The van der Waals surface area contributed by atoms with Gasteiger partial charge >= 0.3 is 5.97 Å². The van der Waals surface area contributed by atoms with E-state index in [2.05, 4.69) is 10.1 Å². The lowest BCUT2D eigenvalue weighted by molar-refractivity contribution is -0.140. The number of hydrogen-bond acceptors (Lipinski definition) is 3. The van der Waals surface area contributed by atoms with Gasteiger partial charge in [-0.25, -0.2) is 0 Å². The van der Waals surface area contributed by atoms with E-state index in [1.165, 1.54) is 7.11 Å².